The molecular formula is C20H16ClN5OS. The number of aryl methyl sites for hydroxylation is 1. The molecule has 1 amide bonds. The van der Waals surface area contributed by atoms with Crippen LogP contribution in [0.2, 0.25) is 5.02 Å². The first kappa shape index (κ1) is 18.3. The van der Waals surface area contributed by atoms with E-state index in [0.29, 0.717) is 21.4 Å². The number of H-pyrrole nitrogens is 1. The van der Waals surface area contributed by atoms with Gasteiger partial charge in [-0.1, -0.05) is 42.8 Å². The van der Waals surface area contributed by atoms with Gasteiger partial charge in [0.05, 0.1) is 4.88 Å². The molecule has 2 aromatic carbocycles. The Balaban J connectivity index is 1.59. The number of anilines is 1. The molecule has 0 atom stereocenters. The van der Waals surface area contributed by atoms with Crippen LogP contribution < -0.4 is 5.32 Å². The summed E-state index contributed by atoms with van der Waals surface area (Å²) in [6, 6.07) is 17.0. The third-order valence-corrected chi connectivity index (χ3v) is 5.72. The fraction of sp³-hybridized carbons (Fsp3) is 0.100. The monoisotopic (exact) mass is 409 g/mol. The lowest BCUT2D eigenvalue weighted by molar-refractivity contribution is 0.103. The van der Waals surface area contributed by atoms with E-state index in [4.69, 9.17) is 11.6 Å². The molecule has 28 heavy (non-hydrogen) atoms. The maximum atomic E-state index is 12.8. The van der Waals surface area contributed by atoms with E-state index in [1.54, 1.807) is 0 Å². The van der Waals surface area contributed by atoms with Gasteiger partial charge in [-0.2, -0.15) is 5.21 Å². The van der Waals surface area contributed by atoms with Crippen molar-refractivity contribution in [3.8, 4) is 21.8 Å². The molecule has 0 saturated carbocycles. The molecule has 140 valence electrons. The number of carbonyl (C=O) groups excluding carboxylic acids is 1. The molecule has 2 aromatic heterocycles. The van der Waals surface area contributed by atoms with Crippen molar-refractivity contribution < 1.29 is 4.79 Å². The van der Waals surface area contributed by atoms with Gasteiger partial charge < -0.3 is 5.32 Å². The van der Waals surface area contributed by atoms with Crippen molar-refractivity contribution >= 4 is 34.5 Å². The third kappa shape index (κ3) is 3.81. The number of hydrogen-bond acceptors (Lipinski definition) is 5. The van der Waals surface area contributed by atoms with E-state index in [1.165, 1.54) is 11.3 Å². The summed E-state index contributed by atoms with van der Waals surface area (Å²) in [4.78, 5) is 14.6. The van der Waals surface area contributed by atoms with Crippen LogP contribution in [0.25, 0.3) is 21.8 Å². The first-order valence-electron chi connectivity index (χ1n) is 8.68. The van der Waals surface area contributed by atoms with Gasteiger partial charge in [-0.25, -0.2) is 0 Å². The summed E-state index contributed by atoms with van der Waals surface area (Å²) < 4.78 is 0. The van der Waals surface area contributed by atoms with Crippen LogP contribution in [-0.2, 0) is 6.42 Å². The minimum absolute atomic E-state index is 0.148. The van der Waals surface area contributed by atoms with Crippen LogP contribution in [0.3, 0.4) is 0 Å². The highest BCUT2D eigenvalue weighted by Gasteiger charge is 2.16. The van der Waals surface area contributed by atoms with E-state index in [9.17, 15) is 4.79 Å². The number of aromatic amines is 1. The number of tetrazole rings is 1. The normalized spacial score (nSPS) is 10.8. The minimum atomic E-state index is -0.148. The molecule has 0 bridgehead atoms. The Morgan fingerprint density at radius 1 is 1.14 bits per heavy atom. The Hall–Kier alpha value is -3.03. The third-order valence-electron chi connectivity index (χ3n) is 4.24. The Kier molecular flexibility index (Phi) is 5.18. The van der Waals surface area contributed by atoms with Crippen LogP contribution in [0.4, 0.5) is 5.69 Å². The molecule has 4 rings (SSSR count). The lowest BCUT2D eigenvalue weighted by Crippen LogP contribution is -2.10. The fourth-order valence-corrected chi connectivity index (χ4v) is 4.14. The van der Waals surface area contributed by atoms with Gasteiger partial charge >= 0.3 is 0 Å². The summed E-state index contributed by atoms with van der Waals surface area (Å²) in [6.45, 7) is 2.08. The van der Waals surface area contributed by atoms with Crippen LogP contribution in [-0.4, -0.2) is 26.5 Å². The second-order valence-corrected chi connectivity index (χ2v) is 7.58. The Labute approximate surface area is 170 Å². The van der Waals surface area contributed by atoms with Crippen LogP contribution in [0.1, 0.15) is 22.2 Å². The number of hydrogen-bond donors (Lipinski definition) is 2. The molecule has 0 aliphatic rings. The van der Waals surface area contributed by atoms with Crippen LogP contribution in [0.15, 0.2) is 54.6 Å². The highest BCUT2D eigenvalue weighted by molar-refractivity contribution is 7.17. The van der Waals surface area contributed by atoms with E-state index < -0.39 is 0 Å². The second kappa shape index (κ2) is 7.92. The molecule has 2 N–H and O–H groups in total. The van der Waals surface area contributed by atoms with E-state index >= 15 is 0 Å². The van der Waals surface area contributed by atoms with E-state index in [2.05, 4.69) is 32.9 Å². The van der Waals surface area contributed by atoms with Crippen molar-refractivity contribution in [2.24, 2.45) is 0 Å². The maximum absolute atomic E-state index is 12.8. The number of nitrogens with one attached hydrogen (secondary N) is 2. The SMILES string of the molecule is CCc1cc(C(=O)Nc2cccc(-c3nn[nH]n3)c2)sc1-c1ccc(Cl)cc1. The quantitative estimate of drug-likeness (QED) is 0.482. The summed E-state index contributed by atoms with van der Waals surface area (Å²) in [7, 11) is 0. The number of halogens is 1. The molecule has 0 aliphatic carbocycles. The predicted molar refractivity (Wildman–Crippen MR) is 112 cm³/mol. The number of thiophene rings is 1. The Bertz CT molecular complexity index is 1110. The highest BCUT2D eigenvalue weighted by atomic mass is 35.5. The Morgan fingerprint density at radius 3 is 2.68 bits per heavy atom. The summed E-state index contributed by atoms with van der Waals surface area (Å²) >= 11 is 7.47. The van der Waals surface area contributed by atoms with Crippen LogP contribution in [0.5, 0.6) is 0 Å². The number of rotatable bonds is 5. The zero-order chi connectivity index (χ0) is 19.5. The first-order valence-corrected chi connectivity index (χ1v) is 9.87. The minimum Gasteiger partial charge on any atom is -0.321 e. The van der Waals surface area contributed by atoms with Crippen molar-refractivity contribution in [2.45, 2.75) is 13.3 Å². The smallest absolute Gasteiger partial charge is 0.265 e. The standard InChI is InChI=1S/C20H16ClN5OS/c1-2-12-11-17(28-18(12)13-6-8-15(21)9-7-13)20(27)22-16-5-3-4-14(10-16)19-23-25-26-24-19/h3-11H,2H2,1H3,(H,22,27)(H,23,24,25,26). The lowest BCUT2D eigenvalue weighted by atomic mass is 10.1. The maximum Gasteiger partial charge on any atom is 0.265 e. The van der Waals surface area contributed by atoms with Crippen molar-refractivity contribution in [1.29, 1.82) is 0 Å². The number of nitrogens with zero attached hydrogens (tertiary/aromatic N) is 3. The molecule has 2 heterocycles. The molecule has 0 spiro atoms. The molecular weight excluding hydrogens is 394 g/mol. The zero-order valence-corrected chi connectivity index (χ0v) is 16.5. The molecule has 8 heteroatoms. The molecule has 0 aliphatic heterocycles. The van der Waals surface area contributed by atoms with Gasteiger partial charge in [-0.05, 0) is 53.1 Å². The average Bonchev–Trinajstić information content (AvgIpc) is 3.39. The van der Waals surface area contributed by atoms with Gasteiger partial charge in [0, 0.05) is 21.2 Å². The van der Waals surface area contributed by atoms with Gasteiger partial charge in [-0.3, -0.25) is 4.79 Å². The molecule has 0 radical (unpaired) electrons. The topological polar surface area (TPSA) is 83.6 Å². The largest absolute Gasteiger partial charge is 0.321 e. The van der Waals surface area contributed by atoms with Gasteiger partial charge in [0.15, 0.2) is 0 Å². The molecule has 6 nitrogen and oxygen atoms in total. The number of carbonyl (C=O) groups is 1. The van der Waals surface area contributed by atoms with Crippen molar-refractivity contribution in [2.75, 3.05) is 5.32 Å². The summed E-state index contributed by atoms with van der Waals surface area (Å²) in [5, 5.41) is 17.6. The van der Waals surface area contributed by atoms with E-state index in [-0.39, 0.29) is 5.91 Å². The number of aromatic nitrogens is 4. The Morgan fingerprint density at radius 2 is 1.96 bits per heavy atom. The van der Waals surface area contributed by atoms with Crippen molar-refractivity contribution in [3.63, 3.8) is 0 Å². The molecule has 4 aromatic rings. The van der Waals surface area contributed by atoms with Gasteiger partial charge in [-0.15, -0.1) is 21.5 Å². The summed E-state index contributed by atoms with van der Waals surface area (Å²) in [5.41, 5.74) is 3.64. The average molecular weight is 410 g/mol. The first-order chi connectivity index (χ1) is 13.6. The van der Waals surface area contributed by atoms with Crippen LogP contribution in [0, 0.1) is 0 Å². The van der Waals surface area contributed by atoms with Gasteiger partial charge in [0.25, 0.3) is 5.91 Å². The summed E-state index contributed by atoms with van der Waals surface area (Å²) in [5.74, 6) is 0.329. The van der Waals surface area contributed by atoms with Gasteiger partial charge in [0.2, 0.25) is 5.82 Å². The van der Waals surface area contributed by atoms with E-state index in [1.807, 2.05) is 54.6 Å². The van der Waals surface area contributed by atoms with E-state index in [0.717, 1.165) is 28.0 Å². The highest BCUT2D eigenvalue weighted by Crippen LogP contribution is 2.34. The molecule has 0 fully saturated rings. The lowest BCUT2D eigenvalue weighted by Gasteiger charge is -2.04. The van der Waals surface area contributed by atoms with Crippen molar-refractivity contribution in [3.05, 3.63) is 70.1 Å². The zero-order valence-electron chi connectivity index (χ0n) is 14.9. The van der Waals surface area contributed by atoms with Crippen molar-refractivity contribution in [1.82, 2.24) is 20.6 Å². The second-order valence-electron chi connectivity index (χ2n) is 6.10. The van der Waals surface area contributed by atoms with Crippen LogP contribution >= 0.6 is 22.9 Å². The molecule has 0 saturated heterocycles. The molecule has 0 unspecified atom stereocenters. The van der Waals surface area contributed by atoms with Gasteiger partial charge in [0.1, 0.15) is 0 Å². The fourth-order valence-electron chi connectivity index (χ4n) is 2.86. The summed E-state index contributed by atoms with van der Waals surface area (Å²) in [6.07, 6.45) is 0.842. The number of amides is 1. The predicted octanol–water partition coefficient (Wildman–Crippen LogP) is 5.06. The number of benzene rings is 2.